The molecule has 12 heteroatoms. The number of aryl methyl sites for hydroxylation is 2. The molecule has 0 unspecified atom stereocenters. The molecule has 1 amide bonds. The number of rotatable bonds is 6. The maximum absolute atomic E-state index is 13.1. The van der Waals surface area contributed by atoms with E-state index in [1.54, 1.807) is 0 Å². The highest BCUT2D eigenvalue weighted by Crippen LogP contribution is 2.33. The van der Waals surface area contributed by atoms with Gasteiger partial charge in [0.25, 0.3) is 0 Å². The van der Waals surface area contributed by atoms with Crippen LogP contribution in [0.25, 0.3) is 11.1 Å². The van der Waals surface area contributed by atoms with Crippen molar-refractivity contribution < 1.29 is 30.8 Å². The number of alkyl halides is 3. The molecule has 1 fully saturated rings. The topological polar surface area (TPSA) is 102 Å². The third kappa shape index (κ3) is 4.73. The van der Waals surface area contributed by atoms with Gasteiger partial charge in [-0.2, -0.15) is 17.5 Å². The summed E-state index contributed by atoms with van der Waals surface area (Å²) in [5.74, 6) is -1.36. The van der Waals surface area contributed by atoms with E-state index in [1.807, 2.05) is 0 Å². The Hall–Kier alpha value is -3.12. The van der Waals surface area contributed by atoms with E-state index >= 15 is 0 Å². The lowest BCUT2D eigenvalue weighted by atomic mass is 10.1. The van der Waals surface area contributed by atoms with E-state index in [1.165, 1.54) is 46.1 Å². The van der Waals surface area contributed by atoms with E-state index < -0.39 is 33.4 Å². The molecule has 0 saturated carbocycles. The zero-order chi connectivity index (χ0) is 24.7. The number of nitrogens with one attached hydrogen (secondary N) is 1. The predicted molar refractivity (Wildman–Crippen MR) is 118 cm³/mol. The van der Waals surface area contributed by atoms with Crippen LogP contribution < -0.4 is 11.1 Å². The van der Waals surface area contributed by atoms with Gasteiger partial charge >= 0.3 is 11.9 Å². The molecular weight excluding hydrogens is 475 g/mol. The first-order valence-electron chi connectivity index (χ1n) is 10.6. The Balaban J connectivity index is 1.49. The third-order valence-electron chi connectivity index (χ3n) is 5.73. The van der Waals surface area contributed by atoms with Crippen molar-refractivity contribution in [3.63, 3.8) is 0 Å². The fourth-order valence-corrected chi connectivity index (χ4v) is 5.47. The fourth-order valence-electron chi connectivity index (χ4n) is 3.94. The first kappa shape index (κ1) is 24.0. The van der Waals surface area contributed by atoms with Crippen LogP contribution in [-0.2, 0) is 27.5 Å². The molecular formula is C22H22F3N3O5S. The summed E-state index contributed by atoms with van der Waals surface area (Å²) < 4.78 is 72.5. The van der Waals surface area contributed by atoms with Gasteiger partial charge in [0.05, 0.1) is 16.0 Å². The molecule has 2 aromatic carbocycles. The van der Waals surface area contributed by atoms with Crippen molar-refractivity contribution in [1.29, 1.82) is 0 Å². The van der Waals surface area contributed by atoms with Gasteiger partial charge in [0.15, 0.2) is 5.58 Å². The molecule has 0 spiro atoms. The molecule has 0 bridgehead atoms. The van der Waals surface area contributed by atoms with Gasteiger partial charge in [-0.15, -0.1) is 0 Å². The van der Waals surface area contributed by atoms with Crippen molar-refractivity contribution in [2.24, 2.45) is 0 Å². The molecule has 4 rings (SSSR count). The molecule has 1 aromatic heterocycles. The summed E-state index contributed by atoms with van der Waals surface area (Å²) in [5, 5.41) is 2.40. The smallest absolute Gasteiger partial charge is 0.408 e. The summed E-state index contributed by atoms with van der Waals surface area (Å²) in [7, 11) is -3.69. The summed E-state index contributed by atoms with van der Waals surface area (Å²) in [5.41, 5.74) is -0.439. The molecule has 2 heterocycles. The zero-order valence-electron chi connectivity index (χ0n) is 18.2. The average Bonchev–Trinajstić information content (AvgIpc) is 3.40. The molecule has 1 aliphatic heterocycles. The second-order valence-electron chi connectivity index (χ2n) is 8.09. The number of carbonyl (C=O) groups excluding carboxylic acids is 1. The van der Waals surface area contributed by atoms with Crippen LogP contribution in [0, 0.1) is 6.92 Å². The number of anilines is 1. The van der Waals surface area contributed by atoms with Crippen LogP contribution in [0.2, 0.25) is 0 Å². The fraction of sp³-hybridized carbons (Fsp3) is 0.364. The zero-order valence-corrected chi connectivity index (χ0v) is 19.0. The van der Waals surface area contributed by atoms with Gasteiger partial charge in [-0.1, -0.05) is 6.07 Å². The molecule has 1 N–H and O–H groups in total. The number of oxazole rings is 1. The van der Waals surface area contributed by atoms with Crippen LogP contribution >= 0.6 is 0 Å². The van der Waals surface area contributed by atoms with Gasteiger partial charge in [0, 0.05) is 37.8 Å². The van der Waals surface area contributed by atoms with Crippen molar-refractivity contribution in [3.05, 3.63) is 58.1 Å². The Morgan fingerprint density at radius 2 is 1.82 bits per heavy atom. The molecule has 34 heavy (non-hydrogen) atoms. The lowest BCUT2D eigenvalue weighted by molar-refractivity contribution is -0.138. The Bertz CT molecular complexity index is 1400. The van der Waals surface area contributed by atoms with Gasteiger partial charge < -0.3 is 9.73 Å². The summed E-state index contributed by atoms with van der Waals surface area (Å²) in [6, 6.07) is 7.59. The summed E-state index contributed by atoms with van der Waals surface area (Å²) >= 11 is 0. The van der Waals surface area contributed by atoms with E-state index in [0.29, 0.717) is 18.6 Å². The minimum Gasteiger partial charge on any atom is -0.408 e. The lowest BCUT2D eigenvalue weighted by Crippen LogP contribution is -2.27. The minimum absolute atomic E-state index is 0.0101. The lowest BCUT2D eigenvalue weighted by Gasteiger charge is -2.15. The molecule has 0 atom stereocenters. The van der Waals surface area contributed by atoms with Crippen LogP contribution in [0.15, 0.2) is 50.5 Å². The van der Waals surface area contributed by atoms with E-state index in [2.05, 4.69) is 5.32 Å². The summed E-state index contributed by atoms with van der Waals surface area (Å²) in [4.78, 5) is 24.6. The molecule has 0 radical (unpaired) electrons. The molecule has 0 aliphatic carbocycles. The van der Waals surface area contributed by atoms with Crippen molar-refractivity contribution in [2.45, 2.75) is 43.8 Å². The number of fused-ring (bicyclic) bond motifs is 1. The average molecular weight is 497 g/mol. The van der Waals surface area contributed by atoms with Gasteiger partial charge in [-0.3, -0.25) is 9.36 Å². The Kier molecular flexibility index (Phi) is 6.30. The molecule has 3 aromatic rings. The number of halogens is 3. The van der Waals surface area contributed by atoms with Crippen LogP contribution in [0.1, 0.15) is 30.4 Å². The number of nitrogens with zero attached hydrogens (tertiary/aromatic N) is 2. The standard InChI is InChI=1S/C22H22F3N3O5S/c1-14-4-5-15(12-17(14)22(23,24)25)26-20(29)8-11-28-18-7-6-16(13-19(18)33-21(28)30)34(31,32)27-9-2-3-10-27/h4-7,12-13H,2-3,8-11H2,1H3,(H,26,29). The van der Waals surface area contributed by atoms with Crippen molar-refractivity contribution >= 4 is 32.7 Å². The molecule has 1 saturated heterocycles. The first-order chi connectivity index (χ1) is 16.0. The number of aromatic nitrogens is 1. The largest absolute Gasteiger partial charge is 0.419 e. The Labute approximate surface area is 193 Å². The molecule has 182 valence electrons. The molecule has 8 nitrogen and oxygen atoms in total. The van der Waals surface area contributed by atoms with Gasteiger partial charge in [-0.25, -0.2) is 13.2 Å². The predicted octanol–water partition coefficient (Wildman–Crippen LogP) is 3.74. The highest BCUT2D eigenvalue weighted by atomic mass is 32.2. The SMILES string of the molecule is Cc1ccc(NC(=O)CCn2c(=O)oc3cc(S(=O)(=O)N4CCCC4)ccc32)cc1C(F)(F)F. The summed E-state index contributed by atoms with van der Waals surface area (Å²) in [6.07, 6.45) is -3.18. The maximum Gasteiger partial charge on any atom is 0.419 e. The highest BCUT2D eigenvalue weighted by Gasteiger charge is 2.32. The first-order valence-corrected chi connectivity index (χ1v) is 12.0. The van der Waals surface area contributed by atoms with Gasteiger partial charge in [-0.05, 0) is 49.6 Å². The summed E-state index contributed by atoms with van der Waals surface area (Å²) in [6.45, 7) is 2.10. The second kappa shape index (κ2) is 8.91. The van der Waals surface area contributed by atoms with Crippen molar-refractivity contribution in [1.82, 2.24) is 8.87 Å². The van der Waals surface area contributed by atoms with E-state index in [-0.39, 0.29) is 34.7 Å². The Morgan fingerprint density at radius 1 is 1.12 bits per heavy atom. The highest BCUT2D eigenvalue weighted by molar-refractivity contribution is 7.89. The maximum atomic E-state index is 13.1. The normalized spacial score (nSPS) is 15.2. The van der Waals surface area contributed by atoms with Crippen molar-refractivity contribution in [3.8, 4) is 0 Å². The number of amides is 1. The second-order valence-corrected chi connectivity index (χ2v) is 10.0. The van der Waals surface area contributed by atoms with Crippen molar-refractivity contribution in [2.75, 3.05) is 18.4 Å². The van der Waals surface area contributed by atoms with Gasteiger partial charge in [0.2, 0.25) is 15.9 Å². The van der Waals surface area contributed by atoms with Crippen LogP contribution in [0.3, 0.4) is 0 Å². The minimum atomic E-state index is -4.55. The van der Waals surface area contributed by atoms with Gasteiger partial charge in [0.1, 0.15) is 0 Å². The number of hydrogen-bond acceptors (Lipinski definition) is 5. The number of sulfonamides is 1. The number of hydrogen-bond donors (Lipinski definition) is 1. The van der Waals surface area contributed by atoms with Crippen LogP contribution in [0.5, 0.6) is 0 Å². The van der Waals surface area contributed by atoms with E-state index in [0.717, 1.165) is 18.9 Å². The van der Waals surface area contributed by atoms with Crippen LogP contribution in [0.4, 0.5) is 18.9 Å². The van der Waals surface area contributed by atoms with Crippen LogP contribution in [-0.4, -0.2) is 36.3 Å². The third-order valence-corrected chi connectivity index (χ3v) is 7.63. The Morgan fingerprint density at radius 3 is 2.50 bits per heavy atom. The van der Waals surface area contributed by atoms with E-state index in [4.69, 9.17) is 4.42 Å². The number of carbonyl (C=O) groups is 1. The monoisotopic (exact) mass is 497 g/mol. The van der Waals surface area contributed by atoms with E-state index in [9.17, 15) is 31.2 Å². The quantitative estimate of drug-likeness (QED) is 0.559. The number of benzene rings is 2. The molecule has 1 aliphatic rings.